The third-order valence-corrected chi connectivity index (χ3v) is 5.58. The first-order chi connectivity index (χ1) is 9.72. The van der Waals surface area contributed by atoms with E-state index in [2.05, 4.69) is 51.7 Å². The molecule has 1 atom stereocenters. The standard InChI is InChI=1S/C16H19BrClNS/c1-2-8-19-11-12(10-16-14(17)7-9-20-16)13-5-3-4-6-15(13)18/h3-7,9,12,19H,2,8,10-11H2,1H3. The van der Waals surface area contributed by atoms with E-state index < -0.39 is 0 Å². The predicted octanol–water partition coefficient (Wildman–Crippen LogP) is 5.49. The summed E-state index contributed by atoms with van der Waals surface area (Å²) in [5, 5.41) is 6.52. The summed E-state index contributed by atoms with van der Waals surface area (Å²) in [5.41, 5.74) is 1.23. The van der Waals surface area contributed by atoms with Crippen molar-refractivity contribution in [3.05, 3.63) is 55.6 Å². The average molecular weight is 373 g/mol. The van der Waals surface area contributed by atoms with Crippen LogP contribution < -0.4 is 5.32 Å². The molecule has 1 nitrogen and oxygen atoms in total. The summed E-state index contributed by atoms with van der Waals surface area (Å²) >= 11 is 11.8. The molecule has 0 aliphatic carbocycles. The minimum atomic E-state index is 0.408. The molecule has 4 heteroatoms. The van der Waals surface area contributed by atoms with E-state index in [4.69, 9.17) is 11.6 Å². The molecule has 1 N–H and O–H groups in total. The summed E-state index contributed by atoms with van der Waals surface area (Å²) in [6.45, 7) is 4.20. The maximum absolute atomic E-state index is 6.38. The normalized spacial score (nSPS) is 12.6. The quantitative estimate of drug-likeness (QED) is 0.634. The third-order valence-electron chi connectivity index (χ3n) is 3.29. The fraction of sp³-hybridized carbons (Fsp3) is 0.375. The lowest BCUT2D eigenvalue weighted by atomic mass is 9.94. The Kier molecular flexibility index (Phi) is 6.56. The van der Waals surface area contributed by atoms with Gasteiger partial charge in [-0.3, -0.25) is 0 Å². The summed E-state index contributed by atoms with van der Waals surface area (Å²) in [7, 11) is 0. The highest BCUT2D eigenvalue weighted by molar-refractivity contribution is 9.10. The summed E-state index contributed by atoms with van der Waals surface area (Å²) < 4.78 is 1.20. The molecule has 1 heterocycles. The molecule has 0 aliphatic heterocycles. The second kappa shape index (κ2) is 8.18. The van der Waals surface area contributed by atoms with Crippen LogP contribution in [0.3, 0.4) is 0 Å². The van der Waals surface area contributed by atoms with Gasteiger partial charge in [0.15, 0.2) is 0 Å². The van der Waals surface area contributed by atoms with Crippen molar-refractivity contribution >= 4 is 38.9 Å². The average Bonchev–Trinajstić information content (AvgIpc) is 2.84. The Morgan fingerprint density at radius 2 is 2.10 bits per heavy atom. The zero-order valence-corrected chi connectivity index (χ0v) is 14.7. The first-order valence-corrected chi connectivity index (χ1v) is 8.94. The van der Waals surface area contributed by atoms with Crippen LogP contribution in [0.5, 0.6) is 0 Å². The van der Waals surface area contributed by atoms with Crippen molar-refractivity contribution in [2.45, 2.75) is 25.7 Å². The molecule has 20 heavy (non-hydrogen) atoms. The van der Waals surface area contributed by atoms with Crippen LogP contribution in [-0.4, -0.2) is 13.1 Å². The van der Waals surface area contributed by atoms with Crippen LogP contribution in [0.1, 0.15) is 29.7 Å². The number of benzene rings is 1. The number of thiophene rings is 1. The molecule has 0 saturated carbocycles. The minimum absolute atomic E-state index is 0.408. The third kappa shape index (κ3) is 4.32. The SMILES string of the molecule is CCCNCC(Cc1sccc1Br)c1ccccc1Cl. The van der Waals surface area contributed by atoms with Crippen LogP contribution >= 0.6 is 38.9 Å². The summed E-state index contributed by atoms with van der Waals surface area (Å²) in [5.74, 6) is 0.408. The van der Waals surface area contributed by atoms with Crippen LogP contribution in [0.25, 0.3) is 0 Å². The van der Waals surface area contributed by atoms with Gasteiger partial charge in [-0.05, 0) is 58.4 Å². The van der Waals surface area contributed by atoms with Crippen molar-refractivity contribution < 1.29 is 0 Å². The van der Waals surface area contributed by atoms with E-state index in [-0.39, 0.29) is 0 Å². The van der Waals surface area contributed by atoms with Crippen molar-refractivity contribution in [3.63, 3.8) is 0 Å². The lowest BCUT2D eigenvalue weighted by molar-refractivity contribution is 0.579. The van der Waals surface area contributed by atoms with Crippen LogP contribution in [0, 0.1) is 0 Å². The number of hydrogen-bond donors (Lipinski definition) is 1. The molecular weight excluding hydrogens is 354 g/mol. The zero-order chi connectivity index (χ0) is 14.4. The van der Waals surface area contributed by atoms with E-state index in [1.54, 1.807) is 11.3 Å². The van der Waals surface area contributed by atoms with Crippen molar-refractivity contribution in [3.8, 4) is 0 Å². The van der Waals surface area contributed by atoms with Crippen molar-refractivity contribution in [1.82, 2.24) is 5.32 Å². The second-order valence-corrected chi connectivity index (χ2v) is 7.08. The lowest BCUT2D eigenvalue weighted by Crippen LogP contribution is -2.23. The Bertz CT molecular complexity index is 541. The molecule has 1 aromatic heterocycles. The minimum Gasteiger partial charge on any atom is -0.316 e. The second-order valence-electron chi connectivity index (χ2n) is 4.82. The molecule has 1 aromatic carbocycles. The zero-order valence-electron chi connectivity index (χ0n) is 11.5. The van der Waals surface area contributed by atoms with Crippen LogP contribution in [0.4, 0.5) is 0 Å². The monoisotopic (exact) mass is 371 g/mol. The molecule has 108 valence electrons. The Morgan fingerprint density at radius 3 is 2.75 bits per heavy atom. The molecule has 0 amide bonds. The summed E-state index contributed by atoms with van der Waals surface area (Å²) in [6.07, 6.45) is 2.16. The summed E-state index contributed by atoms with van der Waals surface area (Å²) in [6, 6.07) is 10.3. The highest BCUT2D eigenvalue weighted by Crippen LogP contribution is 2.32. The van der Waals surface area contributed by atoms with Gasteiger partial charge in [0.1, 0.15) is 0 Å². The summed E-state index contributed by atoms with van der Waals surface area (Å²) in [4.78, 5) is 1.38. The van der Waals surface area contributed by atoms with Gasteiger partial charge < -0.3 is 5.32 Å². The largest absolute Gasteiger partial charge is 0.316 e. The Labute approximate surface area is 138 Å². The maximum Gasteiger partial charge on any atom is 0.0441 e. The lowest BCUT2D eigenvalue weighted by Gasteiger charge is -2.19. The van der Waals surface area contributed by atoms with E-state index in [0.29, 0.717) is 5.92 Å². The molecule has 1 unspecified atom stereocenters. The Balaban J connectivity index is 2.16. The number of halogens is 2. The highest BCUT2D eigenvalue weighted by Gasteiger charge is 2.17. The Morgan fingerprint density at radius 1 is 1.30 bits per heavy atom. The van der Waals surface area contributed by atoms with Gasteiger partial charge in [0.05, 0.1) is 0 Å². The van der Waals surface area contributed by atoms with Gasteiger partial charge in [0, 0.05) is 26.8 Å². The molecule has 0 fully saturated rings. The molecule has 0 spiro atoms. The van der Waals surface area contributed by atoms with E-state index in [1.807, 2.05) is 12.1 Å². The fourth-order valence-electron chi connectivity index (χ4n) is 2.25. The van der Waals surface area contributed by atoms with Gasteiger partial charge in [-0.15, -0.1) is 11.3 Å². The molecule has 0 bridgehead atoms. The van der Waals surface area contributed by atoms with Gasteiger partial charge in [-0.1, -0.05) is 36.7 Å². The maximum atomic E-state index is 6.38. The van der Waals surface area contributed by atoms with Crippen LogP contribution in [0.15, 0.2) is 40.2 Å². The smallest absolute Gasteiger partial charge is 0.0441 e. The van der Waals surface area contributed by atoms with E-state index in [9.17, 15) is 0 Å². The highest BCUT2D eigenvalue weighted by atomic mass is 79.9. The van der Waals surface area contributed by atoms with E-state index in [1.165, 1.54) is 14.9 Å². The van der Waals surface area contributed by atoms with Crippen LogP contribution in [0.2, 0.25) is 5.02 Å². The van der Waals surface area contributed by atoms with Gasteiger partial charge in [-0.2, -0.15) is 0 Å². The van der Waals surface area contributed by atoms with Crippen molar-refractivity contribution in [2.24, 2.45) is 0 Å². The van der Waals surface area contributed by atoms with Crippen molar-refractivity contribution in [2.75, 3.05) is 13.1 Å². The molecular formula is C16H19BrClNS. The topological polar surface area (TPSA) is 12.0 Å². The first kappa shape index (κ1) is 16.0. The number of nitrogens with one attached hydrogen (secondary N) is 1. The molecule has 2 rings (SSSR count). The van der Waals surface area contributed by atoms with Gasteiger partial charge in [0.25, 0.3) is 0 Å². The Hall–Kier alpha value is -0.350. The number of rotatable bonds is 7. The first-order valence-electron chi connectivity index (χ1n) is 6.89. The van der Waals surface area contributed by atoms with E-state index in [0.717, 1.165) is 31.0 Å². The fourth-order valence-corrected chi connectivity index (χ4v) is 4.13. The predicted molar refractivity (Wildman–Crippen MR) is 93.1 cm³/mol. The molecule has 0 aliphatic rings. The molecule has 0 saturated heterocycles. The molecule has 0 radical (unpaired) electrons. The van der Waals surface area contributed by atoms with Crippen molar-refractivity contribution in [1.29, 1.82) is 0 Å². The van der Waals surface area contributed by atoms with E-state index >= 15 is 0 Å². The van der Waals surface area contributed by atoms with Gasteiger partial charge in [-0.25, -0.2) is 0 Å². The van der Waals surface area contributed by atoms with Gasteiger partial charge in [0.2, 0.25) is 0 Å². The molecule has 2 aromatic rings. The number of hydrogen-bond acceptors (Lipinski definition) is 2. The van der Waals surface area contributed by atoms with Gasteiger partial charge >= 0.3 is 0 Å². The van der Waals surface area contributed by atoms with Crippen LogP contribution in [-0.2, 0) is 6.42 Å².